The van der Waals surface area contributed by atoms with Crippen LogP contribution in [0.15, 0.2) is 12.2 Å². The third-order valence-corrected chi connectivity index (χ3v) is 14.0. The lowest BCUT2D eigenvalue weighted by molar-refractivity contribution is -0.870. The van der Waals surface area contributed by atoms with Crippen molar-refractivity contribution in [2.45, 2.75) is 296 Å². The van der Waals surface area contributed by atoms with Crippen LogP contribution in [0.3, 0.4) is 0 Å². The summed E-state index contributed by atoms with van der Waals surface area (Å²) in [5.41, 5.74) is 0. The SMILES string of the molecule is CCCCCCCCCCCCCCCCCCCCCCCC/C=C/C(O)C(COP(=O)([O-])OCC[N+](C)(C)C)NC(=O)CCCCCCCCCCCCCCCCCCCC. The average molecular weight is 927 g/mol. The molecule has 0 aliphatic heterocycles. The molecule has 0 fully saturated rings. The molecule has 0 aliphatic carbocycles. The minimum absolute atomic E-state index is 0.00263. The molecule has 0 saturated heterocycles. The van der Waals surface area contributed by atoms with E-state index >= 15 is 0 Å². The first-order valence-corrected chi connectivity index (χ1v) is 29.5. The van der Waals surface area contributed by atoms with Crippen LogP contribution in [0, 0.1) is 0 Å². The topological polar surface area (TPSA) is 108 Å². The van der Waals surface area contributed by atoms with Gasteiger partial charge in [-0.25, -0.2) is 0 Å². The highest BCUT2D eigenvalue weighted by Gasteiger charge is 2.23. The van der Waals surface area contributed by atoms with E-state index in [4.69, 9.17) is 9.05 Å². The summed E-state index contributed by atoms with van der Waals surface area (Å²) in [7, 11) is 1.28. The van der Waals surface area contributed by atoms with Crippen molar-refractivity contribution < 1.29 is 32.9 Å². The largest absolute Gasteiger partial charge is 0.756 e. The number of phosphoric acid groups is 1. The van der Waals surface area contributed by atoms with Crippen molar-refractivity contribution in [2.24, 2.45) is 0 Å². The molecule has 2 N–H and O–H groups in total. The van der Waals surface area contributed by atoms with Gasteiger partial charge in [-0.3, -0.25) is 9.36 Å². The number of nitrogens with one attached hydrogen (secondary N) is 1. The fourth-order valence-electron chi connectivity index (χ4n) is 8.57. The zero-order chi connectivity index (χ0) is 47.1. The van der Waals surface area contributed by atoms with Crippen LogP contribution in [0.5, 0.6) is 0 Å². The van der Waals surface area contributed by atoms with E-state index in [9.17, 15) is 19.4 Å². The molecular formula is C55H111N2O6P. The van der Waals surface area contributed by atoms with E-state index in [0.717, 1.165) is 38.5 Å². The molecule has 0 aliphatic rings. The van der Waals surface area contributed by atoms with E-state index < -0.39 is 20.0 Å². The van der Waals surface area contributed by atoms with Crippen LogP contribution in [0.1, 0.15) is 284 Å². The minimum Gasteiger partial charge on any atom is -0.756 e. The van der Waals surface area contributed by atoms with Crippen LogP contribution in [0.4, 0.5) is 0 Å². The van der Waals surface area contributed by atoms with Gasteiger partial charge in [-0.2, -0.15) is 0 Å². The van der Waals surface area contributed by atoms with Gasteiger partial charge in [-0.15, -0.1) is 0 Å². The molecule has 0 spiro atoms. The van der Waals surface area contributed by atoms with Crippen molar-refractivity contribution in [1.82, 2.24) is 5.32 Å². The zero-order valence-corrected chi connectivity index (χ0v) is 44.4. The number of aliphatic hydroxyl groups excluding tert-OH is 1. The van der Waals surface area contributed by atoms with E-state index in [2.05, 4.69) is 19.2 Å². The van der Waals surface area contributed by atoms with Crippen molar-refractivity contribution in [3.8, 4) is 0 Å². The van der Waals surface area contributed by atoms with E-state index in [-0.39, 0.29) is 19.1 Å². The Bertz CT molecular complexity index is 1050. The van der Waals surface area contributed by atoms with Gasteiger partial charge in [0.25, 0.3) is 7.82 Å². The quantitative estimate of drug-likeness (QED) is 0.0272. The molecule has 0 saturated carbocycles. The first-order chi connectivity index (χ1) is 31.0. The number of carbonyl (C=O) groups excluding carboxylic acids is 1. The van der Waals surface area contributed by atoms with Gasteiger partial charge in [-0.05, 0) is 19.3 Å². The third-order valence-electron chi connectivity index (χ3n) is 13.0. The Kier molecular flexibility index (Phi) is 46.8. The molecule has 0 heterocycles. The van der Waals surface area contributed by atoms with Gasteiger partial charge < -0.3 is 28.8 Å². The molecule has 3 atom stereocenters. The van der Waals surface area contributed by atoms with Gasteiger partial charge in [-0.1, -0.05) is 270 Å². The number of amides is 1. The van der Waals surface area contributed by atoms with E-state index in [1.165, 1.54) is 225 Å². The molecule has 0 aromatic heterocycles. The Morgan fingerprint density at radius 3 is 1.17 bits per heavy atom. The van der Waals surface area contributed by atoms with Crippen LogP contribution in [-0.4, -0.2) is 68.5 Å². The van der Waals surface area contributed by atoms with Crippen LogP contribution in [0.25, 0.3) is 0 Å². The fourth-order valence-corrected chi connectivity index (χ4v) is 9.29. The maximum atomic E-state index is 12.9. The van der Waals surface area contributed by atoms with Gasteiger partial charge >= 0.3 is 0 Å². The molecule has 3 unspecified atom stereocenters. The Balaban J connectivity index is 4.20. The fraction of sp³-hybridized carbons (Fsp3) is 0.945. The lowest BCUT2D eigenvalue weighted by Gasteiger charge is -2.29. The lowest BCUT2D eigenvalue weighted by Crippen LogP contribution is -2.45. The molecular weight excluding hydrogens is 816 g/mol. The second-order valence-electron chi connectivity index (χ2n) is 20.7. The number of hydrogen-bond donors (Lipinski definition) is 2. The number of nitrogens with zero attached hydrogens (tertiary/aromatic N) is 1. The first-order valence-electron chi connectivity index (χ1n) is 28.1. The number of hydrogen-bond acceptors (Lipinski definition) is 6. The van der Waals surface area contributed by atoms with Crippen molar-refractivity contribution in [3.05, 3.63) is 12.2 Å². The van der Waals surface area contributed by atoms with E-state index in [0.29, 0.717) is 17.4 Å². The predicted molar refractivity (Wildman–Crippen MR) is 275 cm³/mol. The van der Waals surface area contributed by atoms with Crippen molar-refractivity contribution in [1.29, 1.82) is 0 Å². The molecule has 0 radical (unpaired) electrons. The van der Waals surface area contributed by atoms with E-state index in [1.807, 2.05) is 27.2 Å². The number of allylic oxidation sites excluding steroid dienone is 1. The highest BCUT2D eigenvalue weighted by Crippen LogP contribution is 2.38. The Morgan fingerprint density at radius 1 is 0.531 bits per heavy atom. The summed E-state index contributed by atoms with van der Waals surface area (Å²) in [5, 5.41) is 13.9. The number of phosphoric ester groups is 1. The molecule has 382 valence electrons. The highest BCUT2D eigenvalue weighted by molar-refractivity contribution is 7.45. The maximum Gasteiger partial charge on any atom is 0.268 e. The minimum atomic E-state index is -4.59. The molecule has 0 aromatic rings. The van der Waals surface area contributed by atoms with Gasteiger partial charge in [0.15, 0.2) is 0 Å². The van der Waals surface area contributed by atoms with Gasteiger partial charge in [0.1, 0.15) is 13.2 Å². The van der Waals surface area contributed by atoms with Crippen LogP contribution < -0.4 is 10.2 Å². The van der Waals surface area contributed by atoms with E-state index in [1.54, 1.807) is 6.08 Å². The molecule has 0 bridgehead atoms. The number of aliphatic hydroxyl groups is 1. The predicted octanol–water partition coefficient (Wildman–Crippen LogP) is 16.0. The van der Waals surface area contributed by atoms with Crippen molar-refractivity contribution in [2.75, 3.05) is 40.9 Å². The summed E-state index contributed by atoms with van der Waals surface area (Å²) in [4.78, 5) is 25.5. The van der Waals surface area contributed by atoms with Crippen molar-refractivity contribution in [3.63, 3.8) is 0 Å². The number of rotatable bonds is 52. The smallest absolute Gasteiger partial charge is 0.268 e. The summed E-state index contributed by atoms with van der Waals surface area (Å²) >= 11 is 0. The molecule has 1 amide bonds. The molecule has 0 rings (SSSR count). The van der Waals surface area contributed by atoms with Crippen LogP contribution in [0.2, 0.25) is 0 Å². The second kappa shape index (κ2) is 47.3. The zero-order valence-electron chi connectivity index (χ0n) is 43.5. The van der Waals surface area contributed by atoms with Crippen LogP contribution in [-0.2, 0) is 18.4 Å². The first kappa shape index (κ1) is 63.2. The highest BCUT2D eigenvalue weighted by atomic mass is 31.2. The summed E-state index contributed by atoms with van der Waals surface area (Å²) in [5.74, 6) is -0.191. The summed E-state index contributed by atoms with van der Waals surface area (Å²) in [6, 6.07) is -0.881. The molecule has 0 aromatic carbocycles. The molecule has 8 nitrogen and oxygen atoms in total. The monoisotopic (exact) mass is 927 g/mol. The average Bonchev–Trinajstić information content (AvgIpc) is 3.25. The standard InChI is InChI=1S/C55H111N2O6P/c1-6-8-10-12-14-16-18-20-22-24-26-27-28-29-30-31-32-34-36-38-40-42-44-46-48-54(58)53(52-63-64(60,61)62-51-50-57(3,4)5)56-55(59)49-47-45-43-41-39-37-35-33-25-23-21-19-17-15-13-11-9-7-2/h46,48,53-54,58H,6-45,47,49-52H2,1-5H3,(H-,56,59,60,61)/b48-46+. The maximum absolute atomic E-state index is 12.9. The number of carbonyl (C=O) groups is 1. The third kappa shape index (κ3) is 49.2. The summed E-state index contributed by atoms with van der Waals surface area (Å²) in [6.45, 7) is 4.70. The summed E-state index contributed by atoms with van der Waals surface area (Å²) in [6.07, 6.45) is 57.1. The van der Waals surface area contributed by atoms with Gasteiger partial charge in [0.2, 0.25) is 5.91 Å². The number of quaternary nitrogens is 1. The van der Waals surface area contributed by atoms with Crippen LogP contribution >= 0.6 is 7.82 Å². The molecule has 9 heteroatoms. The Morgan fingerprint density at radius 2 is 0.844 bits per heavy atom. The number of unbranched alkanes of at least 4 members (excludes halogenated alkanes) is 39. The Hall–Kier alpha value is -0.760. The second-order valence-corrected chi connectivity index (χ2v) is 22.1. The van der Waals surface area contributed by atoms with Crippen molar-refractivity contribution >= 4 is 13.7 Å². The van der Waals surface area contributed by atoms with Gasteiger partial charge in [0.05, 0.1) is 39.9 Å². The normalized spacial score (nSPS) is 14.0. The lowest BCUT2D eigenvalue weighted by atomic mass is 10.0. The van der Waals surface area contributed by atoms with Gasteiger partial charge in [0, 0.05) is 6.42 Å². The summed E-state index contributed by atoms with van der Waals surface area (Å²) < 4.78 is 23.3. The molecule has 64 heavy (non-hydrogen) atoms. The number of likely N-dealkylation sites (N-methyl/N-ethyl adjacent to an activating group) is 1. The Labute approximate surface area is 399 Å².